The lowest BCUT2D eigenvalue weighted by Gasteiger charge is -2.42. The Labute approximate surface area is 282 Å². The van der Waals surface area contributed by atoms with Gasteiger partial charge >= 0.3 is 12.4 Å². The highest BCUT2D eigenvalue weighted by atomic mass is 19.4. The van der Waals surface area contributed by atoms with Crippen LogP contribution in [-0.2, 0) is 23.6 Å². The molecule has 2 aromatic carbocycles. The Hall–Kier alpha value is -3.58. The molecule has 3 fully saturated rings. The van der Waals surface area contributed by atoms with Crippen LogP contribution in [0.3, 0.4) is 0 Å². The number of aromatic nitrogens is 1. The van der Waals surface area contributed by atoms with Gasteiger partial charge in [0.2, 0.25) is 5.91 Å². The van der Waals surface area contributed by atoms with Crippen molar-refractivity contribution in [1.29, 1.82) is 0 Å². The summed E-state index contributed by atoms with van der Waals surface area (Å²) in [5, 5.41) is 0.931. The van der Waals surface area contributed by atoms with Crippen molar-refractivity contribution in [3.05, 3.63) is 70.9 Å². The van der Waals surface area contributed by atoms with E-state index in [1.54, 1.807) is 0 Å². The average molecular weight is 692 g/mol. The van der Waals surface area contributed by atoms with E-state index in [0.717, 1.165) is 55.5 Å². The minimum Gasteiger partial charge on any atom is -0.361 e. The second-order valence-electron chi connectivity index (χ2n) is 13.6. The Balaban J connectivity index is 1.13. The summed E-state index contributed by atoms with van der Waals surface area (Å²) in [6.45, 7) is 5.28. The first kappa shape index (κ1) is 35.3. The first-order valence-electron chi connectivity index (χ1n) is 17.3. The molecule has 2 amide bonds. The van der Waals surface area contributed by atoms with Crippen molar-refractivity contribution in [2.45, 2.75) is 75.8 Å². The van der Waals surface area contributed by atoms with Crippen LogP contribution in [0.15, 0.2) is 48.7 Å². The van der Waals surface area contributed by atoms with E-state index in [9.17, 15) is 35.9 Å². The molecule has 3 aromatic rings. The Morgan fingerprint density at radius 3 is 2.16 bits per heavy atom. The number of alkyl halides is 6. The number of carbonyl (C=O) groups is 2. The lowest BCUT2D eigenvalue weighted by atomic mass is 9.98. The fraction of sp³-hybridized carbons (Fsp3) is 0.556. The molecule has 3 saturated heterocycles. The van der Waals surface area contributed by atoms with Gasteiger partial charge in [0, 0.05) is 73.9 Å². The van der Waals surface area contributed by atoms with Crippen molar-refractivity contribution in [3.63, 3.8) is 0 Å². The summed E-state index contributed by atoms with van der Waals surface area (Å²) in [6.07, 6.45) is -1.16. The van der Waals surface area contributed by atoms with Crippen LogP contribution in [0.25, 0.3) is 10.9 Å². The number of likely N-dealkylation sites (tertiary alicyclic amines) is 2. The second-order valence-corrected chi connectivity index (χ2v) is 13.6. The summed E-state index contributed by atoms with van der Waals surface area (Å²) >= 11 is 0. The van der Waals surface area contributed by atoms with Gasteiger partial charge in [-0.2, -0.15) is 26.3 Å². The van der Waals surface area contributed by atoms with E-state index in [0.29, 0.717) is 57.1 Å². The molecular formula is C36H43F6N5O2. The zero-order chi connectivity index (χ0) is 34.8. The number of aromatic amines is 1. The van der Waals surface area contributed by atoms with Gasteiger partial charge in [0.15, 0.2) is 0 Å². The van der Waals surface area contributed by atoms with Crippen LogP contribution in [0.4, 0.5) is 26.3 Å². The Bertz CT molecular complexity index is 1570. The molecule has 13 heteroatoms. The highest BCUT2D eigenvalue weighted by Gasteiger charge is 2.39. The van der Waals surface area contributed by atoms with Crippen LogP contribution >= 0.6 is 0 Å². The number of halogens is 6. The molecule has 0 aliphatic carbocycles. The SMILES string of the molecule is O=C(CCCN1CCN(C(=O)c2cc(C(F)(F)F)cc(C(F)(F)F)c2)C(Cc2c[nH]c3ccccc23)C1)N1CCC(N2CCCCC2)CC1. The van der Waals surface area contributed by atoms with Crippen LogP contribution < -0.4 is 0 Å². The maximum atomic E-state index is 13.8. The van der Waals surface area contributed by atoms with Crippen molar-refractivity contribution in [1.82, 2.24) is 24.6 Å². The zero-order valence-electron chi connectivity index (χ0n) is 27.5. The molecule has 0 bridgehead atoms. The van der Waals surface area contributed by atoms with Crippen LogP contribution in [-0.4, -0.2) is 101 Å². The lowest BCUT2D eigenvalue weighted by molar-refractivity contribution is -0.143. The molecule has 0 radical (unpaired) electrons. The molecule has 3 aliphatic rings. The van der Waals surface area contributed by atoms with Crippen LogP contribution in [0.2, 0.25) is 0 Å². The van der Waals surface area contributed by atoms with Crippen LogP contribution in [0.5, 0.6) is 0 Å². The van der Waals surface area contributed by atoms with Gasteiger partial charge < -0.3 is 19.7 Å². The van der Waals surface area contributed by atoms with Gasteiger partial charge in [0.1, 0.15) is 0 Å². The first-order chi connectivity index (χ1) is 23.4. The standard InChI is InChI=1S/C36H43F6N5O2/c37-35(38,39)27-19-25(20-28(22-27)36(40,41)42)34(49)47-18-17-44(24-30(47)21-26-23-43-32-8-3-2-7-31(26)32)12-6-9-33(48)46-15-10-29(11-16-46)45-13-4-1-5-14-45/h2-3,7-8,19-20,22-23,29-30,43H,1,4-6,9-18,21,24H2. The Morgan fingerprint density at radius 1 is 0.816 bits per heavy atom. The quantitative estimate of drug-likeness (QED) is 0.263. The number of piperazine rings is 1. The van der Waals surface area contributed by atoms with E-state index in [2.05, 4.69) is 14.8 Å². The number of piperidine rings is 2. The predicted octanol–water partition coefficient (Wildman–Crippen LogP) is 6.83. The van der Waals surface area contributed by atoms with Crippen LogP contribution in [0.1, 0.15) is 72.0 Å². The van der Waals surface area contributed by atoms with Gasteiger partial charge in [-0.1, -0.05) is 24.6 Å². The summed E-state index contributed by atoms with van der Waals surface area (Å²) in [5.74, 6) is -0.740. The zero-order valence-corrected chi connectivity index (χ0v) is 27.5. The highest BCUT2D eigenvalue weighted by Crippen LogP contribution is 2.37. The smallest absolute Gasteiger partial charge is 0.361 e. The summed E-state index contributed by atoms with van der Waals surface area (Å²) in [7, 11) is 0. The van der Waals surface area contributed by atoms with Gasteiger partial charge in [-0.3, -0.25) is 14.5 Å². The second kappa shape index (κ2) is 14.7. The van der Waals surface area contributed by atoms with E-state index in [1.807, 2.05) is 35.4 Å². The Kier molecular flexibility index (Phi) is 10.6. The van der Waals surface area contributed by atoms with Crippen molar-refractivity contribution < 1.29 is 35.9 Å². The van der Waals surface area contributed by atoms with E-state index in [4.69, 9.17) is 0 Å². The molecule has 1 unspecified atom stereocenters. The number of nitrogens with one attached hydrogen (secondary N) is 1. The largest absolute Gasteiger partial charge is 0.416 e. The number of benzene rings is 2. The third-order valence-corrected chi connectivity index (χ3v) is 10.4. The average Bonchev–Trinajstić information content (AvgIpc) is 3.50. The summed E-state index contributed by atoms with van der Waals surface area (Å²) < 4.78 is 81.8. The van der Waals surface area contributed by atoms with Crippen LogP contribution in [0, 0.1) is 0 Å². The van der Waals surface area contributed by atoms with E-state index in [-0.39, 0.29) is 18.5 Å². The van der Waals surface area contributed by atoms with Crippen molar-refractivity contribution in [2.24, 2.45) is 0 Å². The summed E-state index contributed by atoms with van der Waals surface area (Å²) in [5.41, 5.74) is -1.90. The van der Waals surface area contributed by atoms with Crippen molar-refractivity contribution >= 4 is 22.7 Å². The summed E-state index contributed by atoms with van der Waals surface area (Å²) in [6, 6.07) is 8.68. The fourth-order valence-corrected chi connectivity index (χ4v) is 7.74. The number of hydrogen-bond acceptors (Lipinski definition) is 4. The van der Waals surface area contributed by atoms with Gasteiger partial charge in [0.05, 0.1) is 11.1 Å². The third kappa shape index (κ3) is 8.42. The van der Waals surface area contributed by atoms with E-state index < -0.39 is 41.0 Å². The number of nitrogens with zero attached hydrogens (tertiary/aromatic N) is 4. The molecule has 3 aliphatic heterocycles. The van der Waals surface area contributed by atoms with Gasteiger partial charge in [-0.15, -0.1) is 0 Å². The topological polar surface area (TPSA) is 62.9 Å². The van der Waals surface area contributed by atoms with E-state index >= 15 is 0 Å². The molecule has 1 atom stereocenters. The monoisotopic (exact) mass is 691 g/mol. The maximum Gasteiger partial charge on any atom is 0.416 e. The number of amides is 2. The molecule has 6 rings (SSSR count). The van der Waals surface area contributed by atoms with E-state index in [1.165, 1.54) is 24.2 Å². The van der Waals surface area contributed by atoms with Gasteiger partial charge in [-0.05, 0) is 88.0 Å². The van der Waals surface area contributed by atoms with Gasteiger partial charge in [0.25, 0.3) is 5.91 Å². The van der Waals surface area contributed by atoms with Crippen molar-refractivity contribution in [3.8, 4) is 0 Å². The van der Waals surface area contributed by atoms with Gasteiger partial charge in [-0.25, -0.2) is 0 Å². The first-order valence-corrected chi connectivity index (χ1v) is 17.3. The molecule has 266 valence electrons. The molecule has 0 spiro atoms. The fourth-order valence-electron chi connectivity index (χ4n) is 7.74. The maximum absolute atomic E-state index is 13.8. The molecule has 4 heterocycles. The number of H-pyrrole nitrogens is 1. The molecule has 1 N–H and O–H groups in total. The molecule has 7 nitrogen and oxygen atoms in total. The number of fused-ring (bicyclic) bond motifs is 1. The highest BCUT2D eigenvalue weighted by molar-refractivity contribution is 5.95. The number of carbonyl (C=O) groups excluding carboxylic acids is 2. The molecule has 49 heavy (non-hydrogen) atoms. The lowest BCUT2D eigenvalue weighted by Crippen LogP contribution is -2.56. The molecule has 1 aromatic heterocycles. The normalized spacial score (nSPS) is 20.7. The number of hydrogen-bond donors (Lipinski definition) is 1. The predicted molar refractivity (Wildman–Crippen MR) is 174 cm³/mol. The Morgan fingerprint density at radius 2 is 1.49 bits per heavy atom. The molecule has 0 saturated carbocycles. The minimum atomic E-state index is -5.06. The van der Waals surface area contributed by atoms with Crippen molar-refractivity contribution in [2.75, 3.05) is 52.4 Å². The third-order valence-electron chi connectivity index (χ3n) is 10.4. The number of rotatable bonds is 8. The number of para-hydroxylation sites is 1. The summed E-state index contributed by atoms with van der Waals surface area (Å²) in [4.78, 5) is 38.1. The minimum absolute atomic E-state index is 0.0381. The molecular weight excluding hydrogens is 648 g/mol.